The molecule has 0 atom stereocenters. The van der Waals surface area contributed by atoms with E-state index in [1.807, 2.05) is 0 Å². The van der Waals surface area contributed by atoms with Crippen molar-refractivity contribution in [3.05, 3.63) is 28.8 Å². The zero-order chi connectivity index (χ0) is 16.2. The second-order valence-electron chi connectivity index (χ2n) is 5.08. The van der Waals surface area contributed by atoms with Crippen LogP contribution in [-0.2, 0) is 16.1 Å². The Morgan fingerprint density at radius 2 is 2.09 bits per heavy atom. The van der Waals surface area contributed by atoms with Crippen molar-refractivity contribution in [2.45, 2.75) is 31.5 Å². The molecule has 3 N–H and O–H groups in total. The molecule has 0 unspecified atom stereocenters. The van der Waals surface area contributed by atoms with Crippen molar-refractivity contribution in [2.24, 2.45) is 5.73 Å². The lowest BCUT2D eigenvalue weighted by Crippen LogP contribution is -2.56. The quantitative estimate of drug-likeness (QED) is 0.834. The SMILES string of the molecule is Cl.NC1(C(=O)NCc2cc(Cl)ccc2OC(F)F)CCOCC1. The number of halogens is 4. The number of carbonyl (C=O) groups excluding carboxylic acids is 1. The first-order valence-electron chi connectivity index (χ1n) is 6.79. The number of alkyl halides is 2. The van der Waals surface area contributed by atoms with Gasteiger partial charge in [0, 0.05) is 30.3 Å². The van der Waals surface area contributed by atoms with Crippen LogP contribution in [-0.4, -0.2) is 31.3 Å². The van der Waals surface area contributed by atoms with Crippen molar-refractivity contribution < 1.29 is 23.0 Å². The second-order valence-corrected chi connectivity index (χ2v) is 5.52. The van der Waals surface area contributed by atoms with E-state index in [0.29, 0.717) is 36.6 Å². The summed E-state index contributed by atoms with van der Waals surface area (Å²) in [6.07, 6.45) is 0.823. The summed E-state index contributed by atoms with van der Waals surface area (Å²) < 4.78 is 34.3. The molecule has 1 aromatic rings. The molecule has 0 radical (unpaired) electrons. The summed E-state index contributed by atoms with van der Waals surface area (Å²) in [6, 6.07) is 4.24. The molecule has 1 aliphatic rings. The van der Waals surface area contributed by atoms with Crippen LogP contribution in [0, 0.1) is 0 Å². The predicted octanol–water partition coefficient (Wildman–Crippen LogP) is 2.49. The molecule has 1 aliphatic heterocycles. The molecule has 1 saturated heterocycles. The summed E-state index contributed by atoms with van der Waals surface area (Å²) in [5.41, 5.74) is 5.40. The number of nitrogens with one attached hydrogen (secondary N) is 1. The van der Waals surface area contributed by atoms with E-state index in [1.54, 1.807) is 0 Å². The molecule has 0 aromatic heterocycles. The van der Waals surface area contributed by atoms with Crippen molar-refractivity contribution >= 4 is 29.9 Å². The number of rotatable bonds is 5. The highest BCUT2D eigenvalue weighted by molar-refractivity contribution is 6.30. The molecule has 23 heavy (non-hydrogen) atoms. The molecule has 0 aliphatic carbocycles. The Bertz CT molecular complexity index is 541. The lowest BCUT2D eigenvalue weighted by Gasteiger charge is -2.31. The standard InChI is InChI=1S/C14H17ClF2N2O3.ClH/c15-10-1-2-11(22-13(16)17)9(7-10)8-19-12(20)14(18)3-5-21-6-4-14;/h1-2,7,13H,3-6,8,18H2,(H,19,20);1H. The smallest absolute Gasteiger partial charge is 0.387 e. The normalized spacial score (nSPS) is 16.6. The van der Waals surface area contributed by atoms with Gasteiger partial charge in [-0.25, -0.2) is 0 Å². The molecule has 2 rings (SSSR count). The van der Waals surface area contributed by atoms with Gasteiger partial charge in [0.25, 0.3) is 0 Å². The van der Waals surface area contributed by atoms with E-state index in [4.69, 9.17) is 22.1 Å². The van der Waals surface area contributed by atoms with Gasteiger partial charge in [0.1, 0.15) is 5.75 Å². The molecule has 9 heteroatoms. The number of amides is 1. The van der Waals surface area contributed by atoms with E-state index in [-0.39, 0.29) is 30.6 Å². The van der Waals surface area contributed by atoms with Crippen LogP contribution in [0.3, 0.4) is 0 Å². The molecule has 1 amide bonds. The van der Waals surface area contributed by atoms with Gasteiger partial charge in [-0.05, 0) is 31.0 Å². The van der Waals surface area contributed by atoms with Crippen LogP contribution in [0.15, 0.2) is 18.2 Å². The summed E-state index contributed by atoms with van der Waals surface area (Å²) in [5.74, 6) is -0.378. The van der Waals surface area contributed by atoms with Crippen molar-refractivity contribution in [2.75, 3.05) is 13.2 Å². The highest BCUT2D eigenvalue weighted by Gasteiger charge is 2.35. The average Bonchev–Trinajstić information content (AvgIpc) is 2.47. The monoisotopic (exact) mass is 370 g/mol. The fourth-order valence-electron chi connectivity index (χ4n) is 2.21. The van der Waals surface area contributed by atoms with Gasteiger partial charge in [0.2, 0.25) is 5.91 Å². The maximum Gasteiger partial charge on any atom is 0.387 e. The van der Waals surface area contributed by atoms with Gasteiger partial charge < -0.3 is 20.5 Å². The summed E-state index contributed by atoms with van der Waals surface area (Å²) in [4.78, 5) is 12.2. The minimum atomic E-state index is -2.95. The average molecular weight is 371 g/mol. The van der Waals surface area contributed by atoms with Gasteiger partial charge in [-0.2, -0.15) is 8.78 Å². The lowest BCUT2D eigenvalue weighted by molar-refractivity contribution is -0.129. The molecule has 1 aromatic carbocycles. The largest absolute Gasteiger partial charge is 0.434 e. The van der Waals surface area contributed by atoms with Gasteiger partial charge in [0.05, 0.1) is 5.54 Å². The zero-order valence-electron chi connectivity index (χ0n) is 12.2. The Morgan fingerprint density at radius 3 is 2.70 bits per heavy atom. The zero-order valence-corrected chi connectivity index (χ0v) is 13.8. The lowest BCUT2D eigenvalue weighted by atomic mass is 9.90. The van der Waals surface area contributed by atoms with Gasteiger partial charge in [-0.3, -0.25) is 4.79 Å². The Hall–Kier alpha value is -1.15. The molecule has 130 valence electrons. The van der Waals surface area contributed by atoms with Crippen molar-refractivity contribution in [1.29, 1.82) is 0 Å². The molecule has 0 saturated carbocycles. The number of benzene rings is 1. The highest BCUT2D eigenvalue weighted by atomic mass is 35.5. The first-order valence-corrected chi connectivity index (χ1v) is 7.17. The van der Waals surface area contributed by atoms with E-state index >= 15 is 0 Å². The van der Waals surface area contributed by atoms with Crippen LogP contribution in [0.5, 0.6) is 5.75 Å². The van der Waals surface area contributed by atoms with Gasteiger partial charge >= 0.3 is 6.61 Å². The molecule has 5 nitrogen and oxygen atoms in total. The first-order chi connectivity index (χ1) is 10.4. The molecular formula is C14H18Cl2F2N2O3. The number of ether oxygens (including phenoxy) is 2. The van der Waals surface area contributed by atoms with Crippen LogP contribution in [0.2, 0.25) is 5.02 Å². The fourth-order valence-corrected chi connectivity index (χ4v) is 2.41. The van der Waals surface area contributed by atoms with Crippen LogP contribution >= 0.6 is 24.0 Å². The van der Waals surface area contributed by atoms with Crippen molar-refractivity contribution in [1.82, 2.24) is 5.32 Å². The number of carbonyl (C=O) groups is 1. The molecule has 1 heterocycles. The van der Waals surface area contributed by atoms with Crippen LogP contribution in [0.1, 0.15) is 18.4 Å². The maximum atomic E-state index is 12.4. The molecular weight excluding hydrogens is 353 g/mol. The van der Waals surface area contributed by atoms with Gasteiger partial charge in [-0.1, -0.05) is 11.6 Å². The third-order valence-corrected chi connectivity index (χ3v) is 3.75. The third kappa shape index (κ3) is 5.46. The van der Waals surface area contributed by atoms with Crippen molar-refractivity contribution in [3.8, 4) is 5.75 Å². The Morgan fingerprint density at radius 1 is 1.43 bits per heavy atom. The predicted molar refractivity (Wildman–Crippen MR) is 84.2 cm³/mol. The maximum absolute atomic E-state index is 12.4. The highest BCUT2D eigenvalue weighted by Crippen LogP contribution is 2.25. The Balaban J connectivity index is 0.00000264. The van der Waals surface area contributed by atoms with E-state index in [0.717, 1.165) is 0 Å². The fraction of sp³-hybridized carbons (Fsp3) is 0.500. The summed E-state index contributed by atoms with van der Waals surface area (Å²) in [7, 11) is 0. The van der Waals surface area contributed by atoms with Crippen LogP contribution < -0.4 is 15.8 Å². The van der Waals surface area contributed by atoms with Crippen LogP contribution in [0.25, 0.3) is 0 Å². The Labute approximate surface area is 143 Å². The van der Waals surface area contributed by atoms with E-state index in [2.05, 4.69) is 10.1 Å². The topological polar surface area (TPSA) is 73.6 Å². The number of nitrogens with two attached hydrogens (primary N) is 1. The number of hydrogen-bond donors (Lipinski definition) is 2. The van der Waals surface area contributed by atoms with Crippen molar-refractivity contribution in [3.63, 3.8) is 0 Å². The summed E-state index contributed by atoms with van der Waals surface area (Å²) in [6.45, 7) is -2.12. The van der Waals surface area contributed by atoms with Crippen LogP contribution in [0.4, 0.5) is 8.78 Å². The van der Waals surface area contributed by atoms with E-state index < -0.39 is 12.2 Å². The number of hydrogen-bond acceptors (Lipinski definition) is 4. The molecule has 1 fully saturated rings. The van der Waals surface area contributed by atoms with Gasteiger partial charge in [0.15, 0.2) is 0 Å². The first kappa shape index (κ1) is 19.9. The molecule has 0 bridgehead atoms. The Kier molecular flexibility index (Phi) is 7.47. The third-order valence-electron chi connectivity index (χ3n) is 3.52. The summed E-state index contributed by atoms with van der Waals surface area (Å²) >= 11 is 5.85. The van der Waals surface area contributed by atoms with E-state index in [9.17, 15) is 13.6 Å². The second kappa shape index (κ2) is 8.63. The van der Waals surface area contributed by atoms with Gasteiger partial charge in [-0.15, -0.1) is 12.4 Å². The minimum absolute atomic E-state index is 0. The minimum Gasteiger partial charge on any atom is -0.434 e. The van der Waals surface area contributed by atoms with E-state index in [1.165, 1.54) is 18.2 Å². The summed E-state index contributed by atoms with van der Waals surface area (Å²) in [5, 5.41) is 3.01. The molecule has 0 spiro atoms.